The zero-order valence-corrected chi connectivity index (χ0v) is 16.7. The van der Waals surface area contributed by atoms with Gasteiger partial charge in [0.15, 0.2) is 0 Å². The van der Waals surface area contributed by atoms with Gasteiger partial charge in [0, 0.05) is 13.6 Å². The van der Waals surface area contributed by atoms with E-state index in [0.29, 0.717) is 22.8 Å². The number of hydrogen-bond acceptors (Lipinski definition) is 3. The van der Waals surface area contributed by atoms with Gasteiger partial charge in [0.2, 0.25) is 11.8 Å². The van der Waals surface area contributed by atoms with E-state index < -0.39 is 11.7 Å². The molecule has 0 atom stereocenters. The van der Waals surface area contributed by atoms with E-state index in [9.17, 15) is 22.8 Å². The Morgan fingerprint density at radius 3 is 2.21 bits per heavy atom. The summed E-state index contributed by atoms with van der Waals surface area (Å²) >= 11 is 5.98. The van der Waals surface area contributed by atoms with Crippen LogP contribution in [0.1, 0.15) is 11.1 Å². The van der Waals surface area contributed by atoms with Gasteiger partial charge in [0.25, 0.3) is 0 Å². The van der Waals surface area contributed by atoms with Crippen LogP contribution < -0.4 is 5.32 Å². The van der Waals surface area contributed by atoms with Crippen molar-refractivity contribution in [3.63, 3.8) is 0 Å². The molecule has 2 aromatic rings. The average Bonchev–Trinajstić information content (AvgIpc) is 2.63. The molecule has 156 valence electrons. The molecule has 0 saturated carbocycles. The van der Waals surface area contributed by atoms with Crippen molar-refractivity contribution in [2.24, 2.45) is 0 Å². The van der Waals surface area contributed by atoms with Crippen LogP contribution in [0, 0.1) is 0 Å². The summed E-state index contributed by atoms with van der Waals surface area (Å²) in [5, 5.41) is 3.03. The number of rotatable bonds is 7. The predicted octanol–water partition coefficient (Wildman–Crippen LogP) is 3.89. The van der Waals surface area contributed by atoms with E-state index in [4.69, 9.17) is 11.6 Å². The van der Waals surface area contributed by atoms with Gasteiger partial charge in [-0.3, -0.25) is 14.5 Å². The zero-order valence-electron chi connectivity index (χ0n) is 16.0. The molecule has 0 radical (unpaired) electrons. The van der Waals surface area contributed by atoms with Gasteiger partial charge in [-0.15, -0.1) is 0 Å². The molecule has 0 bridgehead atoms. The minimum absolute atomic E-state index is 0.0108. The summed E-state index contributed by atoms with van der Waals surface area (Å²) in [5.74, 6) is -0.687. The number of nitrogens with zero attached hydrogens (tertiary/aromatic N) is 2. The number of anilines is 1. The summed E-state index contributed by atoms with van der Waals surface area (Å²) in [5.41, 5.74) is 0.385. The topological polar surface area (TPSA) is 52.7 Å². The van der Waals surface area contributed by atoms with E-state index in [0.717, 1.165) is 12.1 Å². The molecular formula is C20H21ClF3N3O2. The van der Waals surface area contributed by atoms with Gasteiger partial charge >= 0.3 is 6.18 Å². The van der Waals surface area contributed by atoms with Crippen molar-refractivity contribution in [1.29, 1.82) is 0 Å². The number of carbonyl (C=O) groups is 2. The molecule has 2 rings (SSSR count). The summed E-state index contributed by atoms with van der Waals surface area (Å²) in [6, 6.07) is 11.5. The van der Waals surface area contributed by atoms with Gasteiger partial charge in [-0.2, -0.15) is 13.2 Å². The van der Waals surface area contributed by atoms with E-state index in [-0.39, 0.29) is 24.9 Å². The normalized spacial score (nSPS) is 11.4. The fourth-order valence-corrected chi connectivity index (χ4v) is 2.76. The van der Waals surface area contributed by atoms with E-state index >= 15 is 0 Å². The van der Waals surface area contributed by atoms with Crippen LogP contribution in [0.4, 0.5) is 18.9 Å². The van der Waals surface area contributed by atoms with Crippen LogP contribution in [0.2, 0.25) is 5.02 Å². The van der Waals surface area contributed by atoms with E-state index in [2.05, 4.69) is 5.32 Å². The number of likely N-dealkylation sites (N-methyl/N-ethyl adjacent to an activating group) is 2. The second-order valence-electron chi connectivity index (χ2n) is 6.64. The van der Waals surface area contributed by atoms with Crippen molar-refractivity contribution in [3.05, 3.63) is 64.7 Å². The number of hydrogen-bond donors (Lipinski definition) is 1. The molecule has 9 heteroatoms. The minimum Gasteiger partial charge on any atom is -0.335 e. The Labute approximate surface area is 172 Å². The van der Waals surface area contributed by atoms with Gasteiger partial charge in [-0.05, 0) is 36.9 Å². The lowest BCUT2D eigenvalue weighted by molar-refractivity contribution is -0.137. The first kappa shape index (κ1) is 22.7. The van der Waals surface area contributed by atoms with Crippen LogP contribution in [0.25, 0.3) is 0 Å². The highest BCUT2D eigenvalue weighted by Crippen LogP contribution is 2.29. The molecule has 0 spiro atoms. The minimum atomic E-state index is -4.38. The molecular weight excluding hydrogens is 407 g/mol. The maximum absolute atomic E-state index is 12.6. The maximum Gasteiger partial charge on any atom is 0.416 e. The number of carbonyl (C=O) groups excluding carboxylic acids is 2. The first-order valence-electron chi connectivity index (χ1n) is 8.69. The van der Waals surface area contributed by atoms with E-state index in [1.807, 2.05) is 0 Å². The smallest absolute Gasteiger partial charge is 0.335 e. The Balaban J connectivity index is 1.83. The molecule has 2 amide bonds. The molecule has 0 saturated heterocycles. The maximum atomic E-state index is 12.6. The third kappa shape index (κ3) is 7.07. The largest absolute Gasteiger partial charge is 0.416 e. The number of alkyl halides is 3. The summed E-state index contributed by atoms with van der Waals surface area (Å²) in [7, 11) is 3.17. The van der Waals surface area contributed by atoms with Crippen LogP contribution in [0.5, 0.6) is 0 Å². The number of amides is 2. The standard InChI is InChI=1S/C20H21ClF3N3O2/c1-26(11-14-7-9-15(10-8-14)20(22,23)24)13-19(29)27(2)12-18(28)25-17-6-4-3-5-16(17)21/h3-10H,11-13H2,1-2H3,(H,25,28). The van der Waals surface area contributed by atoms with Gasteiger partial charge in [0.1, 0.15) is 0 Å². The van der Waals surface area contributed by atoms with Gasteiger partial charge in [-0.1, -0.05) is 35.9 Å². The number of nitrogens with one attached hydrogen (secondary N) is 1. The average molecular weight is 428 g/mol. The fraction of sp³-hybridized carbons (Fsp3) is 0.300. The number of benzene rings is 2. The van der Waals surface area contributed by atoms with Crippen LogP contribution in [-0.2, 0) is 22.3 Å². The number of para-hydroxylation sites is 1. The summed E-state index contributed by atoms with van der Waals surface area (Å²) in [6.07, 6.45) is -4.38. The van der Waals surface area contributed by atoms with Gasteiger partial charge in [-0.25, -0.2) is 0 Å². The lowest BCUT2D eigenvalue weighted by Gasteiger charge is -2.22. The van der Waals surface area contributed by atoms with Crippen molar-refractivity contribution in [2.45, 2.75) is 12.7 Å². The van der Waals surface area contributed by atoms with Crippen LogP contribution in [-0.4, -0.2) is 48.8 Å². The van der Waals surface area contributed by atoms with Crippen molar-refractivity contribution >= 4 is 29.1 Å². The highest BCUT2D eigenvalue weighted by atomic mass is 35.5. The Morgan fingerprint density at radius 2 is 1.62 bits per heavy atom. The van der Waals surface area contributed by atoms with Gasteiger partial charge in [0.05, 0.1) is 29.4 Å². The van der Waals surface area contributed by atoms with Crippen molar-refractivity contribution in [2.75, 3.05) is 32.5 Å². The second kappa shape index (κ2) is 9.76. The number of halogens is 4. The van der Waals surface area contributed by atoms with Crippen molar-refractivity contribution in [3.8, 4) is 0 Å². The Kier molecular flexibility index (Phi) is 7.64. The predicted molar refractivity (Wildman–Crippen MR) is 105 cm³/mol. The molecule has 2 aromatic carbocycles. The molecule has 0 aliphatic heterocycles. The molecule has 0 aromatic heterocycles. The molecule has 5 nitrogen and oxygen atoms in total. The fourth-order valence-electron chi connectivity index (χ4n) is 2.57. The first-order valence-corrected chi connectivity index (χ1v) is 9.07. The lowest BCUT2D eigenvalue weighted by Crippen LogP contribution is -2.40. The van der Waals surface area contributed by atoms with Gasteiger partial charge < -0.3 is 10.2 Å². The molecule has 0 heterocycles. The Morgan fingerprint density at radius 1 is 1.00 bits per heavy atom. The summed E-state index contributed by atoms with van der Waals surface area (Å²) in [4.78, 5) is 27.3. The van der Waals surface area contributed by atoms with Crippen LogP contribution in [0.15, 0.2) is 48.5 Å². The molecule has 1 N–H and O–H groups in total. The molecule has 0 aliphatic rings. The first-order chi connectivity index (χ1) is 13.6. The van der Waals surface area contributed by atoms with Crippen molar-refractivity contribution in [1.82, 2.24) is 9.80 Å². The Hall–Kier alpha value is -2.58. The molecule has 29 heavy (non-hydrogen) atoms. The second-order valence-corrected chi connectivity index (χ2v) is 7.05. The summed E-state index contributed by atoms with van der Waals surface area (Å²) in [6.45, 7) is 0.151. The highest BCUT2D eigenvalue weighted by molar-refractivity contribution is 6.33. The quantitative estimate of drug-likeness (QED) is 0.729. The molecule has 0 aliphatic carbocycles. The summed E-state index contributed by atoms with van der Waals surface area (Å²) < 4.78 is 37.8. The van der Waals surface area contributed by atoms with E-state index in [1.54, 1.807) is 36.2 Å². The van der Waals surface area contributed by atoms with Crippen molar-refractivity contribution < 1.29 is 22.8 Å². The third-order valence-corrected chi connectivity index (χ3v) is 4.42. The molecule has 0 unspecified atom stereocenters. The highest BCUT2D eigenvalue weighted by Gasteiger charge is 2.30. The van der Waals surface area contributed by atoms with Crippen LogP contribution in [0.3, 0.4) is 0 Å². The SMILES string of the molecule is CN(CC(=O)N(C)CC(=O)Nc1ccccc1Cl)Cc1ccc(C(F)(F)F)cc1. The Bertz CT molecular complexity index is 857. The lowest BCUT2D eigenvalue weighted by atomic mass is 10.1. The zero-order chi connectivity index (χ0) is 21.6. The monoisotopic (exact) mass is 427 g/mol. The van der Waals surface area contributed by atoms with E-state index in [1.165, 1.54) is 24.1 Å². The van der Waals surface area contributed by atoms with Crippen LogP contribution >= 0.6 is 11.6 Å². The molecule has 0 fully saturated rings. The third-order valence-electron chi connectivity index (χ3n) is 4.09.